The molecule has 0 amide bonds. The number of hydrogen-bond donors (Lipinski definition) is 1. The maximum absolute atomic E-state index is 12.0. The van der Waals surface area contributed by atoms with Crippen LogP contribution in [0.3, 0.4) is 0 Å². The summed E-state index contributed by atoms with van der Waals surface area (Å²) in [6.45, 7) is 0. The summed E-state index contributed by atoms with van der Waals surface area (Å²) in [6, 6.07) is 7.39. The molecule has 0 bridgehead atoms. The van der Waals surface area contributed by atoms with Crippen LogP contribution in [0.4, 0.5) is 0 Å². The summed E-state index contributed by atoms with van der Waals surface area (Å²) in [5, 5.41) is 0. The second-order valence-electron chi connectivity index (χ2n) is 5.03. The molecule has 1 unspecified atom stereocenters. The summed E-state index contributed by atoms with van der Waals surface area (Å²) in [5.41, 5.74) is 0.972. The molecule has 0 aromatic heterocycles. The van der Waals surface area contributed by atoms with Gasteiger partial charge < -0.3 is 0 Å². The summed E-state index contributed by atoms with van der Waals surface area (Å²) in [7, 11) is -3.25. The predicted molar refractivity (Wildman–Crippen MR) is 66.1 cm³/mol. The molecule has 1 atom stereocenters. The third-order valence-corrected chi connectivity index (χ3v) is 5.46. The first kappa shape index (κ1) is 11.2. The maximum Gasteiger partial charge on any atom is 0.241 e. The zero-order valence-corrected chi connectivity index (χ0v) is 10.5. The molecule has 3 rings (SSSR count). The number of rotatable bonds is 1. The fourth-order valence-electron chi connectivity index (χ4n) is 3.09. The Hall–Kier alpha value is -0.870. The van der Waals surface area contributed by atoms with E-state index in [1.807, 2.05) is 12.1 Å². The van der Waals surface area contributed by atoms with Gasteiger partial charge in [0.2, 0.25) is 10.0 Å². The van der Waals surface area contributed by atoms with E-state index in [2.05, 4.69) is 4.72 Å². The Balaban J connectivity index is 1.99. The molecule has 1 aliphatic heterocycles. The van der Waals surface area contributed by atoms with E-state index in [1.165, 1.54) is 19.3 Å². The van der Waals surface area contributed by atoms with Crippen molar-refractivity contribution in [1.82, 2.24) is 4.72 Å². The molecule has 1 heterocycles. The smallest absolute Gasteiger partial charge is 0.207 e. The molecule has 4 heteroatoms. The van der Waals surface area contributed by atoms with Crippen LogP contribution in [0.1, 0.15) is 43.7 Å². The van der Waals surface area contributed by atoms with Gasteiger partial charge in [0.25, 0.3) is 0 Å². The van der Waals surface area contributed by atoms with Crippen LogP contribution in [0, 0.1) is 5.92 Å². The van der Waals surface area contributed by atoms with Crippen molar-refractivity contribution in [2.45, 2.75) is 43.0 Å². The van der Waals surface area contributed by atoms with E-state index in [0.717, 1.165) is 18.4 Å². The van der Waals surface area contributed by atoms with Crippen molar-refractivity contribution in [3.8, 4) is 0 Å². The number of fused-ring (bicyclic) bond motifs is 1. The average Bonchev–Trinajstić information content (AvgIpc) is 2.64. The maximum atomic E-state index is 12.0. The Labute approximate surface area is 102 Å². The topological polar surface area (TPSA) is 46.2 Å². The van der Waals surface area contributed by atoms with Crippen molar-refractivity contribution in [2.75, 3.05) is 0 Å². The highest BCUT2D eigenvalue weighted by molar-refractivity contribution is 7.89. The Morgan fingerprint density at radius 1 is 1.06 bits per heavy atom. The predicted octanol–water partition coefficient (Wildman–Crippen LogP) is 2.60. The molecular weight excluding hydrogens is 234 g/mol. The molecule has 92 valence electrons. The van der Waals surface area contributed by atoms with Crippen molar-refractivity contribution in [3.05, 3.63) is 29.8 Å². The van der Waals surface area contributed by atoms with Gasteiger partial charge in [-0.15, -0.1) is 0 Å². The first-order valence-electron chi connectivity index (χ1n) is 6.30. The highest BCUT2D eigenvalue weighted by atomic mass is 32.2. The van der Waals surface area contributed by atoms with Crippen molar-refractivity contribution < 1.29 is 8.42 Å². The van der Waals surface area contributed by atoms with Crippen LogP contribution in [-0.2, 0) is 10.0 Å². The van der Waals surface area contributed by atoms with E-state index in [9.17, 15) is 8.42 Å². The van der Waals surface area contributed by atoms with Gasteiger partial charge in [-0.2, -0.15) is 0 Å². The molecule has 2 aliphatic rings. The lowest BCUT2D eigenvalue weighted by Gasteiger charge is -2.27. The third-order valence-electron chi connectivity index (χ3n) is 3.95. The van der Waals surface area contributed by atoms with Gasteiger partial charge in [-0.3, -0.25) is 0 Å². The van der Waals surface area contributed by atoms with Gasteiger partial charge in [-0.05, 0) is 30.4 Å². The molecular formula is C13H17NO2S. The van der Waals surface area contributed by atoms with E-state index in [0.29, 0.717) is 10.8 Å². The van der Waals surface area contributed by atoms with Crippen LogP contribution in [-0.4, -0.2) is 8.42 Å². The van der Waals surface area contributed by atoms with E-state index in [-0.39, 0.29) is 6.04 Å². The summed E-state index contributed by atoms with van der Waals surface area (Å²) < 4.78 is 26.8. The second-order valence-corrected chi connectivity index (χ2v) is 6.72. The Morgan fingerprint density at radius 2 is 1.76 bits per heavy atom. The zero-order chi connectivity index (χ0) is 11.9. The molecule has 1 saturated carbocycles. The summed E-state index contributed by atoms with van der Waals surface area (Å²) in [5.74, 6) is 0.474. The fraction of sp³-hybridized carbons (Fsp3) is 0.538. The van der Waals surface area contributed by atoms with Gasteiger partial charge >= 0.3 is 0 Å². The molecule has 17 heavy (non-hydrogen) atoms. The molecule has 1 fully saturated rings. The molecule has 1 N–H and O–H groups in total. The SMILES string of the molecule is O=S1(=O)NC(C2CCCCC2)c2ccccc21. The highest BCUT2D eigenvalue weighted by Crippen LogP contribution is 2.41. The summed E-state index contributed by atoms with van der Waals surface area (Å²) in [6.07, 6.45) is 6.02. The van der Waals surface area contributed by atoms with Crippen molar-refractivity contribution in [2.24, 2.45) is 5.92 Å². The molecule has 1 aliphatic carbocycles. The summed E-state index contributed by atoms with van der Waals surface area (Å²) >= 11 is 0. The first-order chi connectivity index (χ1) is 8.18. The third kappa shape index (κ3) is 1.89. The van der Waals surface area contributed by atoms with E-state index in [1.54, 1.807) is 12.1 Å². The molecule has 1 aromatic rings. The normalized spacial score (nSPS) is 27.9. The number of benzene rings is 1. The number of sulfonamides is 1. The van der Waals surface area contributed by atoms with Crippen LogP contribution >= 0.6 is 0 Å². The van der Waals surface area contributed by atoms with Gasteiger partial charge in [0, 0.05) is 0 Å². The van der Waals surface area contributed by atoms with Crippen molar-refractivity contribution in [3.63, 3.8) is 0 Å². The molecule has 0 radical (unpaired) electrons. The Bertz CT molecular complexity index is 518. The minimum Gasteiger partial charge on any atom is -0.207 e. The second kappa shape index (κ2) is 4.10. The van der Waals surface area contributed by atoms with Crippen molar-refractivity contribution in [1.29, 1.82) is 0 Å². The van der Waals surface area contributed by atoms with Gasteiger partial charge in [0.1, 0.15) is 0 Å². The van der Waals surface area contributed by atoms with Crippen LogP contribution in [0.5, 0.6) is 0 Å². The first-order valence-corrected chi connectivity index (χ1v) is 7.78. The van der Waals surface area contributed by atoms with E-state index in [4.69, 9.17) is 0 Å². The number of nitrogens with one attached hydrogen (secondary N) is 1. The quantitative estimate of drug-likeness (QED) is 0.834. The van der Waals surface area contributed by atoms with E-state index < -0.39 is 10.0 Å². The van der Waals surface area contributed by atoms with E-state index >= 15 is 0 Å². The lowest BCUT2D eigenvalue weighted by Crippen LogP contribution is -2.27. The van der Waals surface area contributed by atoms with Crippen LogP contribution in [0.15, 0.2) is 29.2 Å². The molecule has 1 aromatic carbocycles. The minimum absolute atomic E-state index is 0.0106. The lowest BCUT2D eigenvalue weighted by atomic mass is 9.82. The largest absolute Gasteiger partial charge is 0.241 e. The fourth-order valence-corrected chi connectivity index (χ4v) is 4.64. The van der Waals surface area contributed by atoms with Gasteiger partial charge in [-0.1, -0.05) is 37.5 Å². The van der Waals surface area contributed by atoms with Crippen LogP contribution < -0.4 is 4.72 Å². The average molecular weight is 251 g/mol. The monoisotopic (exact) mass is 251 g/mol. The van der Waals surface area contributed by atoms with Gasteiger partial charge in [0.15, 0.2) is 0 Å². The molecule has 3 nitrogen and oxygen atoms in total. The minimum atomic E-state index is -3.25. The van der Waals surface area contributed by atoms with Crippen molar-refractivity contribution >= 4 is 10.0 Å². The summed E-state index contributed by atoms with van der Waals surface area (Å²) in [4.78, 5) is 0.482. The van der Waals surface area contributed by atoms with Gasteiger partial charge in [0.05, 0.1) is 10.9 Å². The molecule has 0 spiro atoms. The van der Waals surface area contributed by atoms with Crippen LogP contribution in [0.2, 0.25) is 0 Å². The van der Waals surface area contributed by atoms with Crippen LogP contribution in [0.25, 0.3) is 0 Å². The van der Waals surface area contributed by atoms with Gasteiger partial charge in [-0.25, -0.2) is 13.1 Å². The lowest BCUT2D eigenvalue weighted by molar-refractivity contribution is 0.297. The highest BCUT2D eigenvalue weighted by Gasteiger charge is 2.38. The Kier molecular flexibility index (Phi) is 2.71. The standard InChI is InChI=1S/C13H17NO2S/c15-17(16)12-9-5-4-8-11(12)13(14-17)10-6-2-1-3-7-10/h4-5,8-10,13-14H,1-3,6-7H2. The number of hydrogen-bond acceptors (Lipinski definition) is 2. The molecule has 0 saturated heterocycles. The zero-order valence-electron chi connectivity index (χ0n) is 9.72. The Morgan fingerprint density at radius 3 is 2.53 bits per heavy atom.